The first-order valence-corrected chi connectivity index (χ1v) is 3.67. The number of anilines is 1. The summed E-state index contributed by atoms with van der Waals surface area (Å²) in [6.45, 7) is 0. The highest BCUT2D eigenvalue weighted by Gasteiger charge is 2.11. The predicted molar refractivity (Wildman–Crippen MR) is 44.1 cm³/mol. The van der Waals surface area contributed by atoms with Crippen LogP contribution in [-0.2, 0) is 0 Å². The van der Waals surface area contributed by atoms with E-state index in [1.54, 1.807) is 4.90 Å². The minimum absolute atomic E-state index is 0.359. The predicted octanol–water partition coefficient (Wildman–Crippen LogP) is 0.791. The van der Waals surface area contributed by atoms with Gasteiger partial charge in [0.2, 0.25) is 0 Å². The molecule has 6 heteroatoms. The Morgan fingerprint density at radius 1 is 1.38 bits per heavy atom. The van der Waals surface area contributed by atoms with E-state index in [1.165, 1.54) is 12.7 Å². The molecule has 13 heavy (non-hydrogen) atoms. The minimum Gasteiger partial charge on any atom is -0.451 e. The summed E-state index contributed by atoms with van der Waals surface area (Å²) in [4.78, 5) is 9.70. The molecule has 0 saturated carbocycles. The van der Waals surface area contributed by atoms with Crippen LogP contribution in [-0.4, -0.2) is 29.2 Å². The number of hydrogen-bond donors (Lipinski definition) is 0. The molecular formula is C7H8N4O2. The van der Waals surface area contributed by atoms with Gasteiger partial charge >= 0.3 is 0 Å². The van der Waals surface area contributed by atoms with E-state index in [0.29, 0.717) is 17.5 Å². The molecule has 2 aromatic heterocycles. The Kier molecular flexibility index (Phi) is 1.73. The van der Waals surface area contributed by atoms with Crippen LogP contribution in [0.15, 0.2) is 21.6 Å². The second-order valence-electron chi connectivity index (χ2n) is 2.67. The standard InChI is InChI=1S/C7H8N4O2/c1-11(2)7-9-6(13-10-7)5-3-12-4-8-5/h3-4H,1-2H3. The van der Waals surface area contributed by atoms with E-state index in [0.717, 1.165) is 0 Å². The van der Waals surface area contributed by atoms with Gasteiger partial charge in [0, 0.05) is 14.1 Å². The third-order valence-electron chi connectivity index (χ3n) is 1.47. The summed E-state index contributed by atoms with van der Waals surface area (Å²) in [6.07, 6.45) is 2.77. The Labute approximate surface area is 74.2 Å². The average molecular weight is 180 g/mol. The van der Waals surface area contributed by atoms with Gasteiger partial charge in [-0.2, -0.15) is 4.98 Å². The van der Waals surface area contributed by atoms with Crippen LogP contribution in [0.4, 0.5) is 5.95 Å². The van der Waals surface area contributed by atoms with Gasteiger partial charge in [0.1, 0.15) is 6.26 Å². The first-order valence-electron chi connectivity index (χ1n) is 3.67. The van der Waals surface area contributed by atoms with E-state index in [9.17, 15) is 0 Å². The third-order valence-corrected chi connectivity index (χ3v) is 1.47. The fourth-order valence-electron chi connectivity index (χ4n) is 0.820. The Morgan fingerprint density at radius 2 is 2.23 bits per heavy atom. The molecule has 68 valence electrons. The summed E-state index contributed by atoms with van der Waals surface area (Å²) in [5.74, 6) is 0.871. The van der Waals surface area contributed by atoms with Crippen molar-refractivity contribution in [2.24, 2.45) is 0 Å². The number of nitrogens with zero attached hydrogens (tertiary/aromatic N) is 4. The van der Waals surface area contributed by atoms with Gasteiger partial charge in [-0.3, -0.25) is 0 Å². The largest absolute Gasteiger partial charge is 0.451 e. The summed E-state index contributed by atoms with van der Waals surface area (Å²) in [7, 11) is 3.66. The molecule has 0 aliphatic heterocycles. The Morgan fingerprint density at radius 3 is 2.77 bits per heavy atom. The maximum atomic E-state index is 4.95. The molecule has 2 aromatic rings. The zero-order valence-corrected chi connectivity index (χ0v) is 7.26. The molecule has 0 aromatic carbocycles. The number of aromatic nitrogens is 3. The second-order valence-corrected chi connectivity index (χ2v) is 2.67. The molecule has 2 rings (SSSR count). The van der Waals surface area contributed by atoms with Crippen LogP contribution in [0.1, 0.15) is 0 Å². The van der Waals surface area contributed by atoms with Gasteiger partial charge < -0.3 is 13.8 Å². The molecule has 0 fully saturated rings. The Bertz CT molecular complexity index is 379. The molecule has 0 bridgehead atoms. The van der Waals surface area contributed by atoms with Crippen molar-refractivity contribution in [3.63, 3.8) is 0 Å². The summed E-state index contributed by atoms with van der Waals surface area (Å²) in [5.41, 5.74) is 0.542. The van der Waals surface area contributed by atoms with Gasteiger partial charge in [-0.15, -0.1) is 0 Å². The van der Waals surface area contributed by atoms with Crippen molar-refractivity contribution < 1.29 is 8.94 Å². The zero-order chi connectivity index (χ0) is 9.26. The monoisotopic (exact) mass is 180 g/mol. The van der Waals surface area contributed by atoms with Crippen molar-refractivity contribution in [1.29, 1.82) is 0 Å². The van der Waals surface area contributed by atoms with Crippen molar-refractivity contribution in [3.8, 4) is 11.6 Å². The van der Waals surface area contributed by atoms with E-state index in [4.69, 9.17) is 8.94 Å². The normalized spacial score (nSPS) is 10.3. The van der Waals surface area contributed by atoms with Crippen LogP contribution in [0.3, 0.4) is 0 Å². The maximum absolute atomic E-state index is 4.95. The van der Waals surface area contributed by atoms with E-state index in [-0.39, 0.29) is 0 Å². The van der Waals surface area contributed by atoms with Crippen LogP contribution < -0.4 is 4.90 Å². The number of hydrogen-bond acceptors (Lipinski definition) is 6. The second kappa shape index (κ2) is 2.89. The molecule has 0 radical (unpaired) electrons. The fraction of sp³-hybridized carbons (Fsp3) is 0.286. The Balaban J connectivity index is 2.33. The highest BCUT2D eigenvalue weighted by Crippen LogP contribution is 2.16. The van der Waals surface area contributed by atoms with E-state index >= 15 is 0 Å². The minimum atomic E-state index is 0.359. The van der Waals surface area contributed by atoms with E-state index < -0.39 is 0 Å². The first kappa shape index (κ1) is 7.78. The maximum Gasteiger partial charge on any atom is 0.281 e. The van der Waals surface area contributed by atoms with Gasteiger partial charge in [0.25, 0.3) is 11.8 Å². The molecule has 0 N–H and O–H groups in total. The first-order chi connectivity index (χ1) is 6.27. The molecule has 2 heterocycles. The van der Waals surface area contributed by atoms with Crippen LogP contribution >= 0.6 is 0 Å². The van der Waals surface area contributed by atoms with Gasteiger partial charge in [-0.25, -0.2) is 4.98 Å². The van der Waals surface area contributed by atoms with Crippen molar-refractivity contribution in [2.45, 2.75) is 0 Å². The van der Waals surface area contributed by atoms with Crippen molar-refractivity contribution in [1.82, 2.24) is 15.1 Å². The number of rotatable bonds is 2. The number of oxazole rings is 1. The highest BCUT2D eigenvalue weighted by molar-refractivity contribution is 5.46. The molecule has 0 unspecified atom stereocenters. The van der Waals surface area contributed by atoms with Crippen LogP contribution in [0.5, 0.6) is 0 Å². The summed E-state index contributed by atoms with van der Waals surface area (Å²) in [6, 6.07) is 0. The molecule has 0 atom stereocenters. The van der Waals surface area contributed by atoms with E-state index in [2.05, 4.69) is 15.1 Å². The van der Waals surface area contributed by atoms with Crippen LogP contribution in [0, 0.1) is 0 Å². The Hall–Kier alpha value is -1.85. The van der Waals surface area contributed by atoms with Crippen molar-refractivity contribution in [2.75, 3.05) is 19.0 Å². The van der Waals surface area contributed by atoms with Crippen LogP contribution in [0.2, 0.25) is 0 Å². The molecular weight excluding hydrogens is 172 g/mol. The molecule has 0 amide bonds. The summed E-state index contributed by atoms with van der Waals surface area (Å²) < 4.78 is 9.73. The summed E-state index contributed by atoms with van der Waals surface area (Å²) >= 11 is 0. The lowest BCUT2D eigenvalue weighted by molar-refractivity contribution is 0.429. The van der Waals surface area contributed by atoms with Gasteiger partial charge in [-0.1, -0.05) is 0 Å². The lowest BCUT2D eigenvalue weighted by Gasteiger charge is -2.01. The van der Waals surface area contributed by atoms with E-state index in [1.807, 2.05) is 14.1 Å². The topological polar surface area (TPSA) is 68.2 Å². The zero-order valence-electron chi connectivity index (χ0n) is 7.26. The fourth-order valence-corrected chi connectivity index (χ4v) is 0.820. The van der Waals surface area contributed by atoms with Crippen molar-refractivity contribution >= 4 is 5.95 Å². The average Bonchev–Trinajstić information content (AvgIpc) is 2.75. The lowest BCUT2D eigenvalue weighted by atomic mass is 10.5. The molecule has 0 spiro atoms. The van der Waals surface area contributed by atoms with Crippen molar-refractivity contribution in [3.05, 3.63) is 12.7 Å². The smallest absolute Gasteiger partial charge is 0.281 e. The third kappa shape index (κ3) is 1.37. The lowest BCUT2D eigenvalue weighted by Crippen LogP contribution is -2.09. The molecule has 0 saturated heterocycles. The summed E-state index contributed by atoms with van der Waals surface area (Å²) in [5, 5.41) is 3.73. The molecule has 0 aliphatic rings. The van der Waals surface area contributed by atoms with Gasteiger partial charge in [0.05, 0.1) is 0 Å². The van der Waals surface area contributed by atoms with Crippen LogP contribution in [0.25, 0.3) is 11.6 Å². The molecule has 0 aliphatic carbocycles. The van der Waals surface area contributed by atoms with Gasteiger partial charge in [-0.05, 0) is 5.16 Å². The highest BCUT2D eigenvalue weighted by atomic mass is 16.5. The van der Waals surface area contributed by atoms with Gasteiger partial charge in [0.15, 0.2) is 12.1 Å². The quantitative estimate of drug-likeness (QED) is 0.680. The molecule has 6 nitrogen and oxygen atoms in total. The SMILES string of the molecule is CN(C)c1noc(-c2cocn2)n1.